The molecule has 0 atom stereocenters. The second-order valence-electron chi connectivity index (χ2n) is 6.39. The number of para-hydroxylation sites is 1. The highest BCUT2D eigenvalue weighted by atomic mass is 16.5. The van der Waals surface area contributed by atoms with Gasteiger partial charge in [0.15, 0.2) is 0 Å². The molecule has 0 fully saturated rings. The molecule has 0 saturated heterocycles. The van der Waals surface area contributed by atoms with Crippen molar-refractivity contribution in [2.45, 2.75) is 13.5 Å². The van der Waals surface area contributed by atoms with Gasteiger partial charge in [0, 0.05) is 6.07 Å². The molecule has 4 heteroatoms. The Morgan fingerprint density at radius 2 is 1.69 bits per heavy atom. The first-order valence-corrected chi connectivity index (χ1v) is 8.58. The molecule has 0 aromatic heterocycles. The Balaban J connectivity index is 1.90. The molecule has 1 aliphatic rings. The van der Waals surface area contributed by atoms with Gasteiger partial charge < -0.3 is 15.0 Å². The van der Waals surface area contributed by atoms with Gasteiger partial charge in [-0.3, -0.25) is 4.79 Å². The van der Waals surface area contributed by atoms with Crippen LogP contribution >= 0.6 is 0 Å². The standard InChI is InChI=1S/C22H20N2O2/c1-15-12-17(26-2)13-20-21(15)24(14-16-8-4-3-5-9-16)22(25)18-10-6-7-11-19(18)23-20/h3-13,23H,14H2,1-2H3. The zero-order chi connectivity index (χ0) is 18.1. The van der Waals surface area contributed by atoms with Crippen molar-refractivity contribution in [3.63, 3.8) is 0 Å². The Bertz CT molecular complexity index is 967. The lowest BCUT2D eigenvalue weighted by Crippen LogP contribution is -2.30. The lowest BCUT2D eigenvalue weighted by molar-refractivity contribution is 0.0986. The Labute approximate surface area is 153 Å². The Morgan fingerprint density at radius 1 is 0.962 bits per heavy atom. The highest BCUT2D eigenvalue weighted by Crippen LogP contribution is 2.41. The lowest BCUT2D eigenvalue weighted by Gasteiger charge is -2.25. The van der Waals surface area contributed by atoms with Crippen molar-refractivity contribution in [3.05, 3.63) is 83.4 Å². The third-order valence-corrected chi connectivity index (χ3v) is 4.64. The van der Waals surface area contributed by atoms with Gasteiger partial charge in [-0.15, -0.1) is 0 Å². The van der Waals surface area contributed by atoms with E-state index < -0.39 is 0 Å². The number of ether oxygens (including phenoxy) is 1. The first kappa shape index (κ1) is 16.2. The summed E-state index contributed by atoms with van der Waals surface area (Å²) in [5, 5.41) is 3.42. The summed E-state index contributed by atoms with van der Waals surface area (Å²) in [6.45, 7) is 2.51. The normalized spacial score (nSPS) is 12.7. The van der Waals surface area contributed by atoms with Crippen LogP contribution in [0.4, 0.5) is 17.1 Å². The first-order valence-electron chi connectivity index (χ1n) is 8.58. The van der Waals surface area contributed by atoms with E-state index in [9.17, 15) is 4.79 Å². The van der Waals surface area contributed by atoms with Crippen molar-refractivity contribution < 1.29 is 9.53 Å². The van der Waals surface area contributed by atoms with Crippen LogP contribution in [0.2, 0.25) is 0 Å². The summed E-state index contributed by atoms with van der Waals surface area (Å²) in [5.74, 6) is 0.754. The van der Waals surface area contributed by atoms with Crippen LogP contribution in [-0.2, 0) is 6.54 Å². The summed E-state index contributed by atoms with van der Waals surface area (Å²) in [7, 11) is 1.65. The molecule has 1 heterocycles. The van der Waals surface area contributed by atoms with Crippen molar-refractivity contribution >= 4 is 23.0 Å². The zero-order valence-electron chi connectivity index (χ0n) is 14.8. The van der Waals surface area contributed by atoms with E-state index in [0.29, 0.717) is 12.1 Å². The quantitative estimate of drug-likeness (QED) is 0.734. The van der Waals surface area contributed by atoms with Crippen LogP contribution in [0.1, 0.15) is 21.5 Å². The Kier molecular flexibility index (Phi) is 4.09. The van der Waals surface area contributed by atoms with Gasteiger partial charge in [-0.2, -0.15) is 0 Å². The molecule has 0 saturated carbocycles. The largest absolute Gasteiger partial charge is 0.497 e. The van der Waals surface area contributed by atoms with Crippen LogP contribution in [0.3, 0.4) is 0 Å². The number of hydrogen-bond acceptors (Lipinski definition) is 3. The van der Waals surface area contributed by atoms with Crippen molar-refractivity contribution in [1.29, 1.82) is 0 Å². The average molecular weight is 344 g/mol. The molecule has 3 aromatic rings. The second kappa shape index (κ2) is 6.56. The van der Waals surface area contributed by atoms with E-state index in [0.717, 1.165) is 33.9 Å². The van der Waals surface area contributed by atoms with Crippen LogP contribution < -0.4 is 15.0 Å². The van der Waals surface area contributed by atoms with Crippen LogP contribution in [0.5, 0.6) is 5.75 Å². The van der Waals surface area contributed by atoms with Gasteiger partial charge in [0.25, 0.3) is 5.91 Å². The fraction of sp³-hybridized carbons (Fsp3) is 0.136. The smallest absolute Gasteiger partial charge is 0.260 e. The molecular formula is C22H20N2O2. The maximum absolute atomic E-state index is 13.4. The summed E-state index contributed by atoms with van der Waals surface area (Å²) in [4.78, 5) is 15.2. The number of benzene rings is 3. The van der Waals surface area contributed by atoms with Crippen molar-refractivity contribution in [2.75, 3.05) is 17.3 Å². The van der Waals surface area contributed by atoms with E-state index in [1.807, 2.05) is 78.6 Å². The molecule has 4 rings (SSSR count). The van der Waals surface area contributed by atoms with Gasteiger partial charge >= 0.3 is 0 Å². The molecule has 1 N–H and O–H groups in total. The Morgan fingerprint density at radius 3 is 2.46 bits per heavy atom. The van der Waals surface area contributed by atoms with Crippen LogP contribution in [0.25, 0.3) is 0 Å². The molecule has 26 heavy (non-hydrogen) atoms. The summed E-state index contributed by atoms with van der Waals surface area (Å²) >= 11 is 0. The molecule has 0 aliphatic carbocycles. The van der Waals surface area contributed by atoms with Gasteiger partial charge in [-0.05, 0) is 36.2 Å². The summed E-state index contributed by atoms with van der Waals surface area (Å²) in [5.41, 5.74) is 5.30. The molecule has 0 spiro atoms. The number of amides is 1. The van der Waals surface area contributed by atoms with Gasteiger partial charge in [0.2, 0.25) is 0 Å². The van der Waals surface area contributed by atoms with Gasteiger partial charge in [0.05, 0.1) is 36.3 Å². The molecule has 0 bridgehead atoms. The lowest BCUT2D eigenvalue weighted by atomic mass is 10.1. The third-order valence-electron chi connectivity index (χ3n) is 4.64. The van der Waals surface area contributed by atoms with E-state index in [-0.39, 0.29) is 5.91 Å². The average Bonchev–Trinajstić information content (AvgIpc) is 2.78. The number of nitrogens with one attached hydrogen (secondary N) is 1. The minimum absolute atomic E-state index is 0.0102. The van der Waals surface area contributed by atoms with Crippen LogP contribution in [-0.4, -0.2) is 13.0 Å². The van der Waals surface area contributed by atoms with Crippen LogP contribution in [0, 0.1) is 6.92 Å². The number of fused-ring (bicyclic) bond motifs is 2. The molecule has 1 amide bonds. The predicted molar refractivity (Wildman–Crippen MR) is 104 cm³/mol. The van der Waals surface area contributed by atoms with E-state index in [1.165, 1.54) is 0 Å². The molecule has 0 unspecified atom stereocenters. The van der Waals surface area contributed by atoms with Gasteiger partial charge in [-0.25, -0.2) is 0 Å². The maximum Gasteiger partial charge on any atom is 0.260 e. The van der Waals surface area contributed by atoms with Crippen molar-refractivity contribution in [2.24, 2.45) is 0 Å². The summed E-state index contributed by atoms with van der Waals surface area (Å²) < 4.78 is 5.43. The van der Waals surface area contributed by atoms with E-state index in [1.54, 1.807) is 7.11 Å². The summed E-state index contributed by atoms with van der Waals surface area (Å²) in [6.07, 6.45) is 0. The molecular weight excluding hydrogens is 324 g/mol. The highest BCUT2D eigenvalue weighted by molar-refractivity contribution is 6.14. The van der Waals surface area contributed by atoms with E-state index in [2.05, 4.69) is 5.32 Å². The fourth-order valence-electron chi connectivity index (χ4n) is 3.41. The molecule has 0 radical (unpaired) electrons. The minimum atomic E-state index is -0.0102. The minimum Gasteiger partial charge on any atom is -0.497 e. The second-order valence-corrected chi connectivity index (χ2v) is 6.39. The zero-order valence-corrected chi connectivity index (χ0v) is 14.8. The predicted octanol–water partition coefficient (Wildman–Crippen LogP) is 4.91. The molecule has 130 valence electrons. The Hall–Kier alpha value is -3.27. The number of rotatable bonds is 3. The number of carbonyl (C=O) groups is 1. The monoisotopic (exact) mass is 344 g/mol. The van der Waals surface area contributed by atoms with Gasteiger partial charge in [-0.1, -0.05) is 42.5 Å². The van der Waals surface area contributed by atoms with Crippen molar-refractivity contribution in [3.8, 4) is 5.75 Å². The number of hydrogen-bond donors (Lipinski definition) is 1. The number of anilines is 3. The maximum atomic E-state index is 13.4. The number of aryl methyl sites for hydroxylation is 1. The topological polar surface area (TPSA) is 41.6 Å². The van der Waals surface area contributed by atoms with Crippen molar-refractivity contribution in [1.82, 2.24) is 0 Å². The highest BCUT2D eigenvalue weighted by Gasteiger charge is 2.28. The number of nitrogens with zero attached hydrogens (tertiary/aromatic N) is 1. The van der Waals surface area contributed by atoms with E-state index >= 15 is 0 Å². The number of carbonyl (C=O) groups excluding carboxylic acids is 1. The third kappa shape index (κ3) is 2.80. The van der Waals surface area contributed by atoms with Gasteiger partial charge in [0.1, 0.15) is 5.75 Å². The molecule has 1 aliphatic heterocycles. The molecule has 4 nitrogen and oxygen atoms in total. The first-order chi connectivity index (χ1) is 12.7. The van der Waals surface area contributed by atoms with E-state index in [4.69, 9.17) is 4.74 Å². The van der Waals surface area contributed by atoms with Crippen LogP contribution in [0.15, 0.2) is 66.7 Å². The summed E-state index contributed by atoms with van der Waals surface area (Å²) in [6, 6.07) is 21.6. The fourth-order valence-corrected chi connectivity index (χ4v) is 3.41. The molecule has 3 aromatic carbocycles. The number of methoxy groups -OCH3 is 1. The SMILES string of the molecule is COc1cc(C)c2c(c1)Nc1ccccc1C(=O)N2Cc1ccccc1.